The van der Waals surface area contributed by atoms with Gasteiger partial charge in [0.25, 0.3) is 0 Å². The minimum absolute atomic E-state index is 0.503. The van der Waals surface area contributed by atoms with Gasteiger partial charge in [-0.1, -0.05) is 12.1 Å². The van der Waals surface area contributed by atoms with E-state index >= 15 is 0 Å². The molecule has 0 radical (unpaired) electrons. The highest BCUT2D eigenvalue weighted by Crippen LogP contribution is 2.34. The van der Waals surface area contributed by atoms with Crippen LogP contribution in [-0.4, -0.2) is 14.2 Å². The maximum Gasteiger partial charge on any atom is 0.130 e. The number of benzene rings is 2. The van der Waals surface area contributed by atoms with Gasteiger partial charge in [-0.05, 0) is 29.1 Å². The van der Waals surface area contributed by atoms with Gasteiger partial charge in [0.05, 0.1) is 19.6 Å². The Morgan fingerprint density at radius 1 is 1.06 bits per heavy atom. The summed E-state index contributed by atoms with van der Waals surface area (Å²) in [6.07, 6.45) is 0. The number of fused-ring (bicyclic) bond motifs is 1. The van der Waals surface area contributed by atoms with Gasteiger partial charge in [-0.2, -0.15) is 0 Å². The standard InChI is InChI=1S/C13H15NO2/c1-15-11-5-3-4-10-6-9(8-14)7-12(16-2)13(10)11/h3-7H,8,14H2,1-2H3. The maximum atomic E-state index is 5.65. The Morgan fingerprint density at radius 2 is 1.81 bits per heavy atom. The van der Waals surface area contributed by atoms with Gasteiger partial charge in [-0.25, -0.2) is 0 Å². The summed E-state index contributed by atoms with van der Waals surface area (Å²) in [6, 6.07) is 9.92. The molecule has 3 nitrogen and oxygen atoms in total. The van der Waals surface area contributed by atoms with Gasteiger partial charge in [0.2, 0.25) is 0 Å². The summed E-state index contributed by atoms with van der Waals surface area (Å²) in [4.78, 5) is 0. The van der Waals surface area contributed by atoms with E-state index in [1.807, 2.05) is 24.3 Å². The van der Waals surface area contributed by atoms with Crippen molar-refractivity contribution in [3.05, 3.63) is 35.9 Å². The molecule has 2 rings (SSSR count). The molecule has 84 valence electrons. The van der Waals surface area contributed by atoms with Crippen molar-refractivity contribution in [2.45, 2.75) is 6.54 Å². The Balaban J connectivity index is 2.78. The molecule has 0 saturated carbocycles. The Hall–Kier alpha value is -1.74. The average molecular weight is 217 g/mol. The maximum absolute atomic E-state index is 5.65. The molecule has 2 aromatic carbocycles. The average Bonchev–Trinajstić information content (AvgIpc) is 2.36. The lowest BCUT2D eigenvalue weighted by Crippen LogP contribution is -1.98. The summed E-state index contributed by atoms with van der Waals surface area (Å²) in [6.45, 7) is 0.503. The van der Waals surface area contributed by atoms with Gasteiger partial charge < -0.3 is 15.2 Å². The molecule has 0 aliphatic carbocycles. The van der Waals surface area contributed by atoms with Crippen LogP contribution in [0.4, 0.5) is 0 Å². The van der Waals surface area contributed by atoms with E-state index in [4.69, 9.17) is 15.2 Å². The summed E-state index contributed by atoms with van der Waals surface area (Å²) in [5.41, 5.74) is 6.70. The minimum Gasteiger partial charge on any atom is -0.496 e. The lowest BCUT2D eigenvalue weighted by molar-refractivity contribution is 0.405. The number of nitrogens with two attached hydrogens (primary N) is 1. The van der Waals surface area contributed by atoms with Crippen molar-refractivity contribution in [2.75, 3.05) is 14.2 Å². The summed E-state index contributed by atoms with van der Waals surface area (Å²) in [5, 5.41) is 2.07. The third-order valence-corrected chi connectivity index (χ3v) is 2.64. The van der Waals surface area contributed by atoms with Crippen molar-refractivity contribution < 1.29 is 9.47 Å². The van der Waals surface area contributed by atoms with Crippen molar-refractivity contribution >= 4 is 10.8 Å². The minimum atomic E-state index is 0.503. The summed E-state index contributed by atoms with van der Waals surface area (Å²) < 4.78 is 10.7. The molecule has 0 unspecified atom stereocenters. The molecule has 0 saturated heterocycles. The van der Waals surface area contributed by atoms with E-state index < -0.39 is 0 Å². The van der Waals surface area contributed by atoms with Crippen molar-refractivity contribution in [3.63, 3.8) is 0 Å². The smallest absolute Gasteiger partial charge is 0.130 e. The van der Waals surface area contributed by atoms with E-state index in [0.717, 1.165) is 27.8 Å². The fraction of sp³-hybridized carbons (Fsp3) is 0.231. The van der Waals surface area contributed by atoms with Crippen molar-refractivity contribution in [3.8, 4) is 11.5 Å². The molecule has 0 bridgehead atoms. The van der Waals surface area contributed by atoms with Gasteiger partial charge in [-0.3, -0.25) is 0 Å². The zero-order chi connectivity index (χ0) is 11.5. The topological polar surface area (TPSA) is 44.5 Å². The zero-order valence-electron chi connectivity index (χ0n) is 9.49. The van der Waals surface area contributed by atoms with E-state index in [0.29, 0.717) is 6.54 Å². The van der Waals surface area contributed by atoms with Gasteiger partial charge in [0.1, 0.15) is 11.5 Å². The molecule has 16 heavy (non-hydrogen) atoms. The van der Waals surface area contributed by atoms with Gasteiger partial charge in [0.15, 0.2) is 0 Å². The molecule has 0 amide bonds. The van der Waals surface area contributed by atoms with Crippen LogP contribution in [0.15, 0.2) is 30.3 Å². The monoisotopic (exact) mass is 217 g/mol. The summed E-state index contributed by atoms with van der Waals surface area (Å²) in [5.74, 6) is 1.62. The quantitative estimate of drug-likeness (QED) is 0.858. The van der Waals surface area contributed by atoms with Crippen LogP contribution in [0.3, 0.4) is 0 Å². The third kappa shape index (κ3) is 1.70. The first-order chi connectivity index (χ1) is 7.80. The fourth-order valence-electron chi connectivity index (χ4n) is 1.86. The number of rotatable bonds is 3. The lowest BCUT2D eigenvalue weighted by Gasteiger charge is -2.11. The molecule has 0 fully saturated rings. The molecule has 0 spiro atoms. The second-order valence-corrected chi connectivity index (χ2v) is 3.56. The third-order valence-electron chi connectivity index (χ3n) is 2.64. The Labute approximate surface area is 94.8 Å². The first kappa shape index (κ1) is 10.8. The highest BCUT2D eigenvalue weighted by Gasteiger charge is 2.08. The highest BCUT2D eigenvalue weighted by molar-refractivity contribution is 5.94. The summed E-state index contributed by atoms with van der Waals surface area (Å²) >= 11 is 0. The Morgan fingerprint density at radius 3 is 2.44 bits per heavy atom. The van der Waals surface area contributed by atoms with E-state index in [-0.39, 0.29) is 0 Å². The number of hydrogen-bond acceptors (Lipinski definition) is 3. The van der Waals surface area contributed by atoms with E-state index in [1.54, 1.807) is 14.2 Å². The highest BCUT2D eigenvalue weighted by atomic mass is 16.5. The fourth-order valence-corrected chi connectivity index (χ4v) is 1.86. The lowest BCUT2D eigenvalue weighted by atomic mass is 10.0. The van der Waals surface area contributed by atoms with Gasteiger partial charge in [-0.15, -0.1) is 0 Å². The normalized spacial score (nSPS) is 10.4. The van der Waals surface area contributed by atoms with Crippen molar-refractivity contribution in [1.82, 2.24) is 0 Å². The molecular formula is C13H15NO2. The first-order valence-corrected chi connectivity index (χ1v) is 5.14. The molecule has 3 heteroatoms. The van der Waals surface area contributed by atoms with Crippen LogP contribution in [0.25, 0.3) is 10.8 Å². The van der Waals surface area contributed by atoms with Crippen molar-refractivity contribution in [1.29, 1.82) is 0 Å². The SMILES string of the molecule is COc1cccc2cc(CN)cc(OC)c12. The Kier molecular flexibility index (Phi) is 2.97. The Bertz CT molecular complexity index is 509. The second kappa shape index (κ2) is 4.41. The van der Waals surface area contributed by atoms with Crippen LogP contribution in [0, 0.1) is 0 Å². The van der Waals surface area contributed by atoms with E-state index in [9.17, 15) is 0 Å². The predicted octanol–water partition coefficient (Wildman–Crippen LogP) is 2.32. The molecule has 0 aliphatic rings. The van der Waals surface area contributed by atoms with Gasteiger partial charge >= 0.3 is 0 Å². The van der Waals surface area contributed by atoms with Crippen LogP contribution >= 0.6 is 0 Å². The van der Waals surface area contributed by atoms with Crippen LogP contribution < -0.4 is 15.2 Å². The van der Waals surface area contributed by atoms with Gasteiger partial charge in [0, 0.05) is 6.54 Å². The van der Waals surface area contributed by atoms with Crippen LogP contribution in [0.2, 0.25) is 0 Å². The molecule has 0 heterocycles. The number of methoxy groups -OCH3 is 2. The van der Waals surface area contributed by atoms with Crippen LogP contribution in [-0.2, 0) is 6.54 Å². The molecule has 2 N–H and O–H groups in total. The van der Waals surface area contributed by atoms with E-state index in [2.05, 4.69) is 6.07 Å². The van der Waals surface area contributed by atoms with Crippen molar-refractivity contribution in [2.24, 2.45) is 5.73 Å². The zero-order valence-corrected chi connectivity index (χ0v) is 9.49. The molecule has 0 aromatic heterocycles. The first-order valence-electron chi connectivity index (χ1n) is 5.14. The predicted molar refractivity (Wildman–Crippen MR) is 64.9 cm³/mol. The molecule has 2 aromatic rings. The number of hydrogen-bond donors (Lipinski definition) is 1. The molecule has 0 atom stereocenters. The number of ether oxygens (including phenoxy) is 2. The molecular weight excluding hydrogens is 202 g/mol. The van der Waals surface area contributed by atoms with Crippen LogP contribution in [0.1, 0.15) is 5.56 Å². The van der Waals surface area contributed by atoms with Crippen LogP contribution in [0.5, 0.6) is 11.5 Å². The van der Waals surface area contributed by atoms with E-state index in [1.165, 1.54) is 0 Å². The summed E-state index contributed by atoms with van der Waals surface area (Å²) in [7, 11) is 3.31. The molecule has 0 aliphatic heterocycles. The second-order valence-electron chi connectivity index (χ2n) is 3.56. The largest absolute Gasteiger partial charge is 0.496 e.